The SMILES string of the molecule is CCC(F)CC1CCCN1.COc1nc2c3c(nc(Cl)c(F)c3n1)OCNCCCC2. The lowest BCUT2D eigenvalue weighted by Gasteiger charge is -2.15. The van der Waals surface area contributed by atoms with Crippen LogP contribution in [0, 0.1) is 5.82 Å². The third-order valence-electron chi connectivity index (χ3n) is 5.42. The van der Waals surface area contributed by atoms with E-state index in [4.69, 9.17) is 21.1 Å². The first kappa shape index (κ1) is 23.8. The van der Waals surface area contributed by atoms with Crippen molar-refractivity contribution in [3.8, 4) is 11.9 Å². The number of nitrogens with one attached hydrogen (secondary N) is 2. The van der Waals surface area contributed by atoms with Crippen molar-refractivity contribution in [1.29, 1.82) is 0 Å². The molecule has 1 fully saturated rings. The van der Waals surface area contributed by atoms with Gasteiger partial charge < -0.3 is 14.8 Å². The van der Waals surface area contributed by atoms with Crippen LogP contribution in [-0.2, 0) is 6.42 Å². The fourth-order valence-corrected chi connectivity index (χ4v) is 3.87. The third-order valence-corrected chi connectivity index (χ3v) is 5.67. The summed E-state index contributed by atoms with van der Waals surface area (Å²) in [5, 5.41) is 6.59. The zero-order chi connectivity index (χ0) is 22.2. The smallest absolute Gasteiger partial charge is 0.317 e. The van der Waals surface area contributed by atoms with Gasteiger partial charge in [-0.3, -0.25) is 5.32 Å². The second-order valence-corrected chi connectivity index (χ2v) is 8.04. The van der Waals surface area contributed by atoms with Crippen LogP contribution in [0.2, 0.25) is 5.15 Å². The number of halogens is 3. The molecule has 0 radical (unpaired) electrons. The zero-order valence-electron chi connectivity index (χ0n) is 18.0. The standard InChI is InChI=1S/C13H14ClFN4O2.C8H16FN/c1-20-13-17-7-4-2-3-5-16-6-21-12-8(7)10(18-13)9(15)11(14)19-12;1-2-7(9)6-8-4-3-5-10-8/h16H,2-6H2,1H3;7-8,10H,2-6H2,1H3. The highest BCUT2D eigenvalue weighted by atomic mass is 35.5. The average Bonchev–Trinajstić information content (AvgIpc) is 3.29. The molecule has 4 rings (SSSR count). The summed E-state index contributed by atoms with van der Waals surface area (Å²) in [6.07, 6.45) is 5.73. The van der Waals surface area contributed by atoms with Gasteiger partial charge in [0.25, 0.3) is 0 Å². The van der Waals surface area contributed by atoms with Crippen LogP contribution in [-0.4, -0.2) is 54.1 Å². The fourth-order valence-electron chi connectivity index (χ4n) is 3.70. The van der Waals surface area contributed by atoms with Gasteiger partial charge in [0.1, 0.15) is 18.4 Å². The largest absolute Gasteiger partial charge is 0.467 e. The van der Waals surface area contributed by atoms with E-state index in [0.29, 0.717) is 30.0 Å². The normalized spacial score (nSPS) is 19.8. The van der Waals surface area contributed by atoms with Crippen LogP contribution < -0.4 is 20.1 Å². The van der Waals surface area contributed by atoms with Crippen molar-refractivity contribution in [2.45, 2.75) is 64.1 Å². The molecule has 1 saturated heterocycles. The number of ether oxygens (including phenoxy) is 2. The van der Waals surface area contributed by atoms with E-state index in [0.717, 1.165) is 32.4 Å². The Bertz CT molecular complexity index is 868. The lowest BCUT2D eigenvalue weighted by molar-refractivity contribution is 0.274. The Labute approximate surface area is 186 Å². The highest BCUT2D eigenvalue weighted by Crippen LogP contribution is 2.33. The highest BCUT2D eigenvalue weighted by molar-refractivity contribution is 6.30. The van der Waals surface area contributed by atoms with Crippen molar-refractivity contribution in [1.82, 2.24) is 25.6 Å². The molecule has 2 aromatic rings. The predicted octanol–water partition coefficient (Wildman–Crippen LogP) is 3.96. The second-order valence-electron chi connectivity index (χ2n) is 7.68. The number of hydrogen-bond donors (Lipinski definition) is 2. The minimum atomic E-state index is -0.689. The number of methoxy groups -OCH3 is 1. The van der Waals surface area contributed by atoms with Gasteiger partial charge in [-0.15, -0.1) is 0 Å². The van der Waals surface area contributed by atoms with Crippen molar-refractivity contribution in [2.75, 3.05) is 26.9 Å². The summed E-state index contributed by atoms with van der Waals surface area (Å²) in [5.74, 6) is -0.450. The molecule has 2 aromatic heterocycles. The predicted molar refractivity (Wildman–Crippen MR) is 116 cm³/mol. The molecule has 2 atom stereocenters. The second kappa shape index (κ2) is 11.7. The maximum atomic E-state index is 14.2. The minimum Gasteiger partial charge on any atom is -0.467 e. The van der Waals surface area contributed by atoms with E-state index < -0.39 is 12.0 Å². The van der Waals surface area contributed by atoms with Crippen molar-refractivity contribution in [3.05, 3.63) is 16.7 Å². The van der Waals surface area contributed by atoms with Crippen LogP contribution in [0.5, 0.6) is 11.9 Å². The summed E-state index contributed by atoms with van der Waals surface area (Å²) in [4.78, 5) is 12.3. The Morgan fingerprint density at radius 2 is 2.06 bits per heavy atom. The Kier molecular flexibility index (Phi) is 8.98. The van der Waals surface area contributed by atoms with Gasteiger partial charge in [-0.25, -0.2) is 8.78 Å². The lowest BCUT2D eigenvalue weighted by atomic mass is 10.1. The Balaban J connectivity index is 0.000000229. The molecule has 0 aliphatic carbocycles. The van der Waals surface area contributed by atoms with E-state index >= 15 is 0 Å². The third kappa shape index (κ3) is 6.33. The molecular weight excluding hydrogens is 428 g/mol. The first-order valence-electron chi connectivity index (χ1n) is 10.8. The molecule has 2 aliphatic heterocycles. The first-order chi connectivity index (χ1) is 15.0. The van der Waals surface area contributed by atoms with Crippen molar-refractivity contribution < 1.29 is 18.3 Å². The van der Waals surface area contributed by atoms with Crippen LogP contribution >= 0.6 is 11.6 Å². The monoisotopic (exact) mass is 457 g/mol. The summed E-state index contributed by atoms with van der Waals surface area (Å²) < 4.78 is 37.6. The van der Waals surface area contributed by atoms with Gasteiger partial charge in [0.2, 0.25) is 5.88 Å². The molecule has 2 unspecified atom stereocenters. The lowest BCUT2D eigenvalue weighted by Crippen LogP contribution is -2.24. The zero-order valence-corrected chi connectivity index (χ0v) is 18.8. The van der Waals surface area contributed by atoms with Crippen molar-refractivity contribution >= 4 is 22.5 Å². The maximum absolute atomic E-state index is 14.2. The summed E-state index contributed by atoms with van der Waals surface area (Å²) in [6.45, 7) is 4.09. The van der Waals surface area contributed by atoms with Crippen LogP contribution in [0.4, 0.5) is 8.78 Å². The van der Waals surface area contributed by atoms with E-state index in [-0.39, 0.29) is 29.3 Å². The van der Waals surface area contributed by atoms with E-state index in [1.54, 1.807) is 0 Å². The van der Waals surface area contributed by atoms with Crippen molar-refractivity contribution in [2.24, 2.45) is 0 Å². The summed E-state index contributed by atoms with van der Waals surface area (Å²) in [6, 6.07) is 0.578. The van der Waals surface area contributed by atoms with Crippen LogP contribution in [0.25, 0.3) is 10.9 Å². The van der Waals surface area contributed by atoms with Gasteiger partial charge in [-0.1, -0.05) is 18.5 Å². The number of aromatic nitrogens is 3. The number of aryl methyl sites for hydroxylation is 1. The molecular formula is C21H30ClF2N5O2. The number of nitrogens with zero attached hydrogens (tertiary/aromatic N) is 3. The Hall–Kier alpha value is -1.84. The van der Waals surface area contributed by atoms with Gasteiger partial charge in [0.05, 0.1) is 18.2 Å². The van der Waals surface area contributed by atoms with Gasteiger partial charge in [0, 0.05) is 6.04 Å². The first-order valence-corrected chi connectivity index (χ1v) is 11.2. The Morgan fingerprint density at radius 3 is 2.77 bits per heavy atom. The van der Waals surface area contributed by atoms with Gasteiger partial charge in [-0.05, 0) is 58.0 Å². The molecule has 0 bridgehead atoms. The van der Waals surface area contributed by atoms with Gasteiger partial charge in [-0.2, -0.15) is 15.0 Å². The molecule has 7 nitrogen and oxygen atoms in total. The van der Waals surface area contributed by atoms with E-state index in [1.807, 2.05) is 6.92 Å². The topological polar surface area (TPSA) is 81.2 Å². The molecule has 0 spiro atoms. The minimum absolute atomic E-state index is 0.0763. The van der Waals surface area contributed by atoms with Crippen LogP contribution in [0.15, 0.2) is 0 Å². The molecule has 31 heavy (non-hydrogen) atoms. The molecule has 0 saturated carbocycles. The molecule has 0 amide bonds. The van der Waals surface area contributed by atoms with Crippen LogP contribution in [0.1, 0.15) is 51.1 Å². The molecule has 10 heteroatoms. The number of pyridine rings is 1. The fraction of sp³-hybridized carbons (Fsp3) is 0.667. The van der Waals surface area contributed by atoms with Gasteiger partial charge >= 0.3 is 6.01 Å². The number of hydrogen-bond acceptors (Lipinski definition) is 7. The summed E-state index contributed by atoms with van der Waals surface area (Å²) in [5.41, 5.74) is 0.740. The Morgan fingerprint density at radius 1 is 1.23 bits per heavy atom. The van der Waals surface area contributed by atoms with E-state index in [1.165, 1.54) is 20.0 Å². The maximum Gasteiger partial charge on any atom is 0.317 e. The quantitative estimate of drug-likeness (QED) is 0.672. The molecule has 172 valence electrons. The summed E-state index contributed by atoms with van der Waals surface area (Å²) >= 11 is 5.82. The average molecular weight is 458 g/mol. The molecule has 0 aromatic carbocycles. The van der Waals surface area contributed by atoms with E-state index in [9.17, 15) is 8.78 Å². The number of alkyl halides is 1. The summed E-state index contributed by atoms with van der Waals surface area (Å²) in [7, 11) is 1.44. The molecule has 2 N–H and O–H groups in total. The molecule has 4 heterocycles. The van der Waals surface area contributed by atoms with Gasteiger partial charge in [0.15, 0.2) is 11.0 Å². The highest BCUT2D eigenvalue weighted by Gasteiger charge is 2.21. The number of rotatable bonds is 4. The molecule has 2 aliphatic rings. The van der Waals surface area contributed by atoms with Crippen molar-refractivity contribution in [3.63, 3.8) is 0 Å². The van der Waals surface area contributed by atoms with Crippen LogP contribution in [0.3, 0.4) is 0 Å². The van der Waals surface area contributed by atoms with E-state index in [2.05, 4.69) is 25.6 Å².